The first kappa shape index (κ1) is 24.1. The van der Waals surface area contributed by atoms with Crippen molar-refractivity contribution in [3.63, 3.8) is 0 Å². The summed E-state index contributed by atoms with van der Waals surface area (Å²) in [4.78, 5) is 13.1. The lowest BCUT2D eigenvalue weighted by Crippen LogP contribution is -2.47. The molecule has 1 N–H and O–H groups in total. The summed E-state index contributed by atoms with van der Waals surface area (Å²) >= 11 is 8.03. The van der Waals surface area contributed by atoms with Gasteiger partial charge in [-0.25, -0.2) is 0 Å². The van der Waals surface area contributed by atoms with Crippen molar-refractivity contribution in [2.24, 2.45) is 16.7 Å². The third-order valence-electron chi connectivity index (χ3n) is 6.72. The summed E-state index contributed by atoms with van der Waals surface area (Å²) in [6.45, 7) is 6.54. The number of carbonyl (C=O) groups excluding carboxylic acids is 1. The van der Waals surface area contributed by atoms with Crippen LogP contribution in [0.4, 0.5) is 13.2 Å². The molecule has 1 saturated carbocycles. The number of aliphatic hydroxyl groups excluding tert-OH is 1. The second-order valence-electron chi connectivity index (χ2n) is 8.65. The molecule has 3 rings (SSSR count). The van der Waals surface area contributed by atoms with Gasteiger partial charge in [-0.15, -0.1) is 0 Å². The average molecular weight is 520 g/mol. The molecule has 0 heterocycles. The summed E-state index contributed by atoms with van der Waals surface area (Å²) in [7, 11) is 0. The molecule has 2 aromatic rings. The van der Waals surface area contributed by atoms with E-state index in [1.54, 1.807) is 26.0 Å². The largest absolute Gasteiger partial charge is 0.426 e. The van der Waals surface area contributed by atoms with E-state index in [0.717, 1.165) is 16.7 Å². The first-order valence-corrected chi connectivity index (χ1v) is 10.8. The van der Waals surface area contributed by atoms with E-state index in [0.29, 0.717) is 5.75 Å². The van der Waals surface area contributed by atoms with Gasteiger partial charge in [-0.1, -0.05) is 83.8 Å². The monoisotopic (exact) mass is 518 g/mol. The van der Waals surface area contributed by atoms with E-state index >= 15 is 0 Å². The van der Waals surface area contributed by atoms with Crippen LogP contribution in [-0.4, -0.2) is 27.1 Å². The van der Waals surface area contributed by atoms with E-state index in [9.17, 15) is 23.1 Å². The normalized spacial score (nSPS) is 25.4. The molecule has 0 aromatic heterocycles. The highest BCUT2D eigenvalue weighted by atomic mass is 79.9. The summed E-state index contributed by atoms with van der Waals surface area (Å²) in [6.07, 6.45) is -6.98. The van der Waals surface area contributed by atoms with Crippen LogP contribution in [-0.2, 0) is 4.79 Å². The van der Waals surface area contributed by atoms with Gasteiger partial charge in [0, 0.05) is 5.92 Å². The number of hydrogen-bond donors (Lipinski definition) is 1. The van der Waals surface area contributed by atoms with Gasteiger partial charge in [0.25, 0.3) is 0 Å². The average Bonchev–Trinajstić information content (AvgIpc) is 3.15. The Morgan fingerprint density at radius 1 is 1.13 bits per heavy atom. The second kappa shape index (κ2) is 7.78. The molecule has 3 nitrogen and oxygen atoms in total. The molecule has 31 heavy (non-hydrogen) atoms. The van der Waals surface area contributed by atoms with Crippen LogP contribution in [0.3, 0.4) is 0 Å². The van der Waals surface area contributed by atoms with E-state index in [2.05, 4.69) is 15.9 Å². The number of benzene rings is 2. The van der Waals surface area contributed by atoms with Gasteiger partial charge in [0.05, 0.1) is 11.5 Å². The number of halogens is 5. The molecule has 1 fully saturated rings. The standard InChI is InChI=1S/C23H23BrClF3O3/c1-13-15(14-9-6-5-7-10-14)11-8-12-16(13)31-19(30)21(4)17(20(21,2)3)18(29)22(24,25)23(26,27)28/h5-12,17-18,29H,1-4H3. The number of aliphatic hydroxyl groups is 1. The Labute approximate surface area is 192 Å². The zero-order valence-corrected chi connectivity index (χ0v) is 19.8. The molecular formula is C23H23BrClF3O3. The van der Waals surface area contributed by atoms with E-state index in [-0.39, 0.29) is 0 Å². The smallest absolute Gasteiger partial charge is 0.420 e. The molecule has 0 radical (unpaired) electrons. The highest BCUT2D eigenvalue weighted by Gasteiger charge is 2.79. The van der Waals surface area contributed by atoms with Crippen molar-refractivity contribution in [3.05, 3.63) is 54.1 Å². The van der Waals surface area contributed by atoms with Crippen LogP contribution in [0.1, 0.15) is 26.3 Å². The minimum atomic E-state index is -4.92. The Bertz CT molecular complexity index is 991. The van der Waals surface area contributed by atoms with Gasteiger partial charge in [0.2, 0.25) is 3.78 Å². The fourth-order valence-electron chi connectivity index (χ4n) is 4.36. The SMILES string of the molecule is Cc1c(OC(=O)C2(C)C(C(O)C(Cl)(Br)C(F)(F)F)C2(C)C)cccc1-c1ccccc1. The summed E-state index contributed by atoms with van der Waals surface area (Å²) in [6, 6.07) is 14.8. The zero-order valence-electron chi connectivity index (χ0n) is 17.4. The van der Waals surface area contributed by atoms with E-state index < -0.39 is 38.8 Å². The van der Waals surface area contributed by atoms with E-state index in [1.807, 2.05) is 43.3 Å². The molecule has 2 aromatic carbocycles. The first-order valence-electron chi connectivity index (χ1n) is 9.67. The van der Waals surface area contributed by atoms with Gasteiger partial charge in [-0.3, -0.25) is 4.79 Å². The van der Waals surface area contributed by atoms with Crippen molar-refractivity contribution in [3.8, 4) is 16.9 Å². The number of alkyl halides is 5. The minimum absolute atomic E-state index is 0.315. The number of carbonyl (C=O) groups is 1. The number of esters is 1. The van der Waals surface area contributed by atoms with Crippen LogP contribution in [0.5, 0.6) is 5.75 Å². The molecule has 1 aliphatic rings. The lowest BCUT2D eigenvalue weighted by Gasteiger charge is -2.29. The molecule has 0 saturated heterocycles. The third-order valence-corrected chi connectivity index (χ3v) is 8.07. The quantitative estimate of drug-likeness (QED) is 0.279. The van der Waals surface area contributed by atoms with Gasteiger partial charge in [-0.05, 0) is 42.0 Å². The lowest BCUT2D eigenvalue weighted by atomic mass is 9.97. The minimum Gasteiger partial charge on any atom is -0.426 e. The van der Waals surface area contributed by atoms with Crippen LogP contribution < -0.4 is 4.74 Å². The Morgan fingerprint density at radius 3 is 2.26 bits per heavy atom. The van der Waals surface area contributed by atoms with Crippen LogP contribution in [0.25, 0.3) is 11.1 Å². The predicted octanol–water partition coefficient (Wildman–Crippen LogP) is 6.48. The fourth-order valence-corrected chi connectivity index (χ4v) is 4.75. The highest BCUT2D eigenvalue weighted by molar-refractivity contribution is 9.10. The topological polar surface area (TPSA) is 46.5 Å². The van der Waals surface area contributed by atoms with Gasteiger partial charge < -0.3 is 9.84 Å². The zero-order chi connectivity index (χ0) is 23.4. The third kappa shape index (κ3) is 3.79. The first-order chi connectivity index (χ1) is 14.2. The number of ether oxygens (including phenoxy) is 1. The fraction of sp³-hybridized carbons (Fsp3) is 0.435. The van der Waals surface area contributed by atoms with E-state index in [4.69, 9.17) is 16.3 Å². The maximum absolute atomic E-state index is 13.3. The van der Waals surface area contributed by atoms with Crippen LogP contribution >= 0.6 is 27.5 Å². The van der Waals surface area contributed by atoms with Gasteiger partial charge in [0.15, 0.2) is 0 Å². The van der Waals surface area contributed by atoms with E-state index in [1.165, 1.54) is 6.92 Å². The molecule has 168 valence electrons. The van der Waals surface area contributed by atoms with Crippen LogP contribution in [0.2, 0.25) is 0 Å². The van der Waals surface area contributed by atoms with Crippen molar-refractivity contribution >= 4 is 33.5 Å². The van der Waals surface area contributed by atoms with Crippen molar-refractivity contribution in [1.29, 1.82) is 0 Å². The molecule has 1 aliphatic carbocycles. The molecular weight excluding hydrogens is 497 g/mol. The van der Waals surface area contributed by atoms with Crippen molar-refractivity contribution in [2.75, 3.05) is 0 Å². The molecule has 4 unspecified atom stereocenters. The van der Waals surface area contributed by atoms with Gasteiger partial charge in [0.1, 0.15) is 5.75 Å². The summed E-state index contributed by atoms with van der Waals surface area (Å²) in [5.74, 6) is -1.46. The Kier molecular flexibility index (Phi) is 6.04. The maximum atomic E-state index is 13.3. The van der Waals surface area contributed by atoms with Gasteiger partial charge in [-0.2, -0.15) is 13.2 Å². The molecule has 0 spiro atoms. The number of hydrogen-bond acceptors (Lipinski definition) is 3. The van der Waals surface area contributed by atoms with Gasteiger partial charge >= 0.3 is 12.1 Å². The van der Waals surface area contributed by atoms with Crippen molar-refractivity contribution < 1.29 is 27.8 Å². The molecule has 0 amide bonds. The second-order valence-corrected chi connectivity index (χ2v) is 11.0. The highest BCUT2D eigenvalue weighted by Crippen LogP contribution is 2.72. The Balaban J connectivity index is 1.89. The predicted molar refractivity (Wildman–Crippen MR) is 117 cm³/mol. The summed E-state index contributed by atoms with van der Waals surface area (Å²) < 4.78 is 42.6. The van der Waals surface area contributed by atoms with Crippen LogP contribution in [0.15, 0.2) is 48.5 Å². The Hall–Kier alpha value is -1.57. The summed E-state index contributed by atoms with van der Waals surface area (Å²) in [5, 5.41) is 10.5. The number of rotatable bonds is 5. The molecule has 0 bridgehead atoms. The maximum Gasteiger partial charge on any atom is 0.420 e. The Morgan fingerprint density at radius 2 is 1.71 bits per heavy atom. The lowest BCUT2D eigenvalue weighted by molar-refractivity contribution is -0.162. The van der Waals surface area contributed by atoms with Crippen molar-refractivity contribution in [2.45, 2.75) is 43.8 Å². The van der Waals surface area contributed by atoms with Crippen LogP contribution in [0, 0.1) is 23.7 Å². The molecule has 4 atom stereocenters. The molecule has 0 aliphatic heterocycles. The van der Waals surface area contributed by atoms with Crippen molar-refractivity contribution in [1.82, 2.24) is 0 Å². The molecule has 8 heteroatoms. The summed E-state index contributed by atoms with van der Waals surface area (Å²) in [5.41, 5.74) is 0.221.